The number of anilines is 1. The summed E-state index contributed by atoms with van der Waals surface area (Å²) in [7, 11) is 0. The lowest BCUT2D eigenvalue weighted by Gasteiger charge is -2.14. The number of carbonyl (C=O) groups excluding carboxylic acids is 1. The summed E-state index contributed by atoms with van der Waals surface area (Å²) < 4.78 is 0. The Labute approximate surface area is 89.5 Å². The molecule has 1 aliphatic carbocycles. The highest BCUT2D eigenvalue weighted by Crippen LogP contribution is 2.30. The summed E-state index contributed by atoms with van der Waals surface area (Å²) in [5.41, 5.74) is 1.07. The summed E-state index contributed by atoms with van der Waals surface area (Å²) in [6, 6.07) is 1.90. The van der Waals surface area contributed by atoms with Crippen LogP contribution in [0, 0.1) is 5.92 Å². The third kappa shape index (κ3) is 2.37. The quantitative estimate of drug-likeness (QED) is 0.779. The zero-order chi connectivity index (χ0) is 11.1. The number of aromatic nitrogens is 2. The summed E-state index contributed by atoms with van der Waals surface area (Å²) in [5.74, 6) is 0.957. The van der Waals surface area contributed by atoms with Crippen molar-refractivity contribution < 1.29 is 4.79 Å². The topological polar surface area (TPSA) is 57.8 Å². The number of carbonyl (C=O) groups is 1. The molecule has 1 heterocycles. The fraction of sp³-hybridized carbons (Fsp3) is 0.636. The zero-order valence-corrected chi connectivity index (χ0v) is 9.42. The van der Waals surface area contributed by atoms with E-state index in [1.165, 1.54) is 0 Å². The second-order valence-electron chi connectivity index (χ2n) is 5.18. The number of hydrogen-bond acceptors (Lipinski definition) is 2. The highest BCUT2D eigenvalue weighted by atomic mass is 16.2. The van der Waals surface area contributed by atoms with Crippen LogP contribution in [0.2, 0.25) is 0 Å². The standard InChI is InChI=1S/C11H17N3O/c1-11(2,3)8-6-9(14-13-8)12-10(15)7-4-5-7/h6-7H,4-5H2,1-3H3,(H2,12,13,14,15). The van der Waals surface area contributed by atoms with Gasteiger partial charge in [-0.2, -0.15) is 5.10 Å². The van der Waals surface area contributed by atoms with Crippen LogP contribution in [0.4, 0.5) is 5.82 Å². The lowest BCUT2D eigenvalue weighted by Crippen LogP contribution is -2.13. The van der Waals surface area contributed by atoms with Gasteiger partial charge in [0, 0.05) is 23.1 Å². The van der Waals surface area contributed by atoms with E-state index in [-0.39, 0.29) is 17.2 Å². The first kappa shape index (κ1) is 10.2. The van der Waals surface area contributed by atoms with Crippen LogP contribution in [0.5, 0.6) is 0 Å². The number of amides is 1. The van der Waals surface area contributed by atoms with Crippen molar-refractivity contribution >= 4 is 11.7 Å². The van der Waals surface area contributed by atoms with Gasteiger partial charge in [0.25, 0.3) is 0 Å². The first-order chi connectivity index (χ1) is 6.97. The number of nitrogens with one attached hydrogen (secondary N) is 2. The van der Waals surface area contributed by atoms with Crippen LogP contribution < -0.4 is 5.32 Å². The average Bonchev–Trinajstić information content (AvgIpc) is 2.86. The summed E-state index contributed by atoms with van der Waals surface area (Å²) in [4.78, 5) is 11.5. The van der Waals surface area contributed by atoms with Crippen molar-refractivity contribution in [2.45, 2.75) is 39.0 Å². The van der Waals surface area contributed by atoms with Crippen molar-refractivity contribution in [3.8, 4) is 0 Å². The molecule has 0 atom stereocenters. The van der Waals surface area contributed by atoms with Gasteiger partial charge in [0.15, 0.2) is 5.82 Å². The molecule has 0 spiro atoms. The third-order valence-electron chi connectivity index (χ3n) is 2.59. The second-order valence-corrected chi connectivity index (χ2v) is 5.18. The normalized spacial score (nSPS) is 16.5. The van der Waals surface area contributed by atoms with Gasteiger partial charge in [-0.1, -0.05) is 20.8 Å². The van der Waals surface area contributed by atoms with Crippen LogP contribution in [0.1, 0.15) is 39.3 Å². The number of aromatic amines is 1. The molecule has 1 aliphatic rings. The van der Waals surface area contributed by atoms with Gasteiger partial charge < -0.3 is 5.32 Å². The maximum atomic E-state index is 11.5. The minimum absolute atomic E-state index is 0.0373. The van der Waals surface area contributed by atoms with Crippen molar-refractivity contribution in [2.75, 3.05) is 5.32 Å². The van der Waals surface area contributed by atoms with Gasteiger partial charge >= 0.3 is 0 Å². The molecular formula is C11H17N3O. The first-order valence-electron chi connectivity index (χ1n) is 5.33. The molecule has 1 aromatic rings. The minimum Gasteiger partial charge on any atom is -0.309 e. The summed E-state index contributed by atoms with van der Waals surface area (Å²) in [6.07, 6.45) is 2.03. The highest BCUT2D eigenvalue weighted by Gasteiger charge is 2.30. The molecule has 2 rings (SSSR count). The molecule has 1 fully saturated rings. The molecule has 4 nitrogen and oxygen atoms in total. The van der Waals surface area contributed by atoms with E-state index in [0.717, 1.165) is 18.5 Å². The van der Waals surface area contributed by atoms with E-state index < -0.39 is 0 Å². The van der Waals surface area contributed by atoms with E-state index in [1.807, 2.05) is 6.07 Å². The van der Waals surface area contributed by atoms with E-state index in [2.05, 4.69) is 36.3 Å². The Morgan fingerprint density at radius 1 is 1.53 bits per heavy atom. The van der Waals surface area contributed by atoms with Crippen molar-refractivity contribution in [1.82, 2.24) is 10.2 Å². The first-order valence-corrected chi connectivity index (χ1v) is 5.33. The second kappa shape index (κ2) is 3.36. The predicted molar refractivity (Wildman–Crippen MR) is 58.6 cm³/mol. The van der Waals surface area contributed by atoms with Crippen molar-refractivity contribution in [3.05, 3.63) is 11.8 Å². The lowest BCUT2D eigenvalue weighted by molar-refractivity contribution is -0.117. The number of H-pyrrole nitrogens is 1. The molecule has 2 N–H and O–H groups in total. The van der Waals surface area contributed by atoms with E-state index in [4.69, 9.17) is 0 Å². The van der Waals surface area contributed by atoms with Crippen LogP contribution in [0.15, 0.2) is 6.07 Å². The maximum absolute atomic E-state index is 11.5. The monoisotopic (exact) mass is 207 g/mol. The molecule has 0 radical (unpaired) electrons. The van der Waals surface area contributed by atoms with Crippen LogP contribution in [-0.4, -0.2) is 16.1 Å². The molecule has 0 saturated heterocycles. The Balaban J connectivity index is 2.03. The molecule has 0 aromatic carbocycles. The van der Waals surface area contributed by atoms with Crippen LogP contribution in [-0.2, 0) is 10.2 Å². The Bertz CT molecular complexity index is 371. The van der Waals surface area contributed by atoms with Crippen LogP contribution in [0.25, 0.3) is 0 Å². The lowest BCUT2D eigenvalue weighted by atomic mass is 9.92. The maximum Gasteiger partial charge on any atom is 0.228 e. The third-order valence-corrected chi connectivity index (χ3v) is 2.59. The molecule has 4 heteroatoms. The summed E-state index contributed by atoms with van der Waals surface area (Å²) >= 11 is 0. The molecule has 1 saturated carbocycles. The number of rotatable bonds is 2. The van der Waals surface area contributed by atoms with E-state index >= 15 is 0 Å². The van der Waals surface area contributed by atoms with Gasteiger partial charge in [-0.25, -0.2) is 0 Å². The zero-order valence-electron chi connectivity index (χ0n) is 9.42. The Kier molecular flexibility index (Phi) is 2.29. The van der Waals surface area contributed by atoms with Crippen molar-refractivity contribution in [1.29, 1.82) is 0 Å². The van der Waals surface area contributed by atoms with E-state index in [1.54, 1.807) is 0 Å². The number of hydrogen-bond donors (Lipinski definition) is 2. The summed E-state index contributed by atoms with van der Waals surface area (Å²) in [6.45, 7) is 6.31. The predicted octanol–water partition coefficient (Wildman–Crippen LogP) is 2.06. The van der Waals surface area contributed by atoms with Crippen LogP contribution >= 0.6 is 0 Å². The van der Waals surface area contributed by atoms with E-state index in [9.17, 15) is 4.79 Å². The Morgan fingerprint density at radius 3 is 2.67 bits per heavy atom. The Morgan fingerprint density at radius 2 is 2.20 bits per heavy atom. The largest absolute Gasteiger partial charge is 0.309 e. The average molecular weight is 207 g/mol. The van der Waals surface area contributed by atoms with Gasteiger partial charge in [0.1, 0.15) is 0 Å². The molecular weight excluding hydrogens is 190 g/mol. The summed E-state index contributed by atoms with van der Waals surface area (Å²) in [5, 5.41) is 9.84. The fourth-order valence-electron chi connectivity index (χ4n) is 1.34. The smallest absolute Gasteiger partial charge is 0.228 e. The molecule has 1 amide bonds. The molecule has 15 heavy (non-hydrogen) atoms. The van der Waals surface area contributed by atoms with Gasteiger partial charge in [-0.3, -0.25) is 9.89 Å². The molecule has 82 valence electrons. The molecule has 0 bridgehead atoms. The Hall–Kier alpha value is -1.32. The SMILES string of the molecule is CC(C)(C)c1cc(NC(=O)C2CC2)n[nH]1. The van der Waals surface area contributed by atoms with Crippen LogP contribution in [0.3, 0.4) is 0 Å². The molecule has 1 aromatic heterocycles. The van der Waals surface area contributed by atoms with E-state index in [0.29, 0.717) is 5.82 Å². The van der Waals surface area contributed by atoms with Gasteiger partial charge in [0.05, 0.1) is 0 Å². The van der Waals surface area contributed by atoms with Crippen molar-refractivity contribution in [2.24, 2.45) is 5.92 Å². The van der Waals surface area contributed by atoms with Crippen molar-refractivity contribution in [3.63, 3.8) is 0 Å². The van der Waals surface area contributed by atoms with Gasteiger partial charge in [-0.15, -0.1) is 0 Å². The number of nitrogens with zero attached hydrogens (tertiary/aromatic N) is 1. The molecule has 0 aliphatic heterocycles. The highest BCUT2D eigenvalue weighted by molar-refractivity contribution is 5.93. The molecule has 0 unspecified atom stereocenters. The fourth-order valence-corrected chi connectivity index (χ4v) is 1.34. The van der Waals surface area contributed by atoms with Gasteiger partial charge in [-0.05, 0) is 12.8 Å². The minimum atomic E-state index is 0.0373. The van der Waals surface area contributed by atoms with Gasteiger partial charge in [0.2, 0.25) is 5.91 Å².